The first kappa shape index (κ1) is 15.5. The number of aromatic nitrogens is 1. The molecule has 19 heavy (non-hydrogen) atoms. The average molecular weight is 282 g/mol. The Bertz CT molecular complexity index is 465. The summed E-state index contributed by atoms with van der Waals surface area (Å²) in [5, 5.41) is 9.08. The number of aromatic carboxylic acids is 1. The average Bonchev–Trinajstić information content (AvgIpc) is 2.43. The van der Waals surface area contributed by atoms with E-state index in [0.29, 0.717) is 0 Å². The minimum Gasteiger partial charge on any atom is -0.478 e. The molecule has 0 radical (unpaired) electrons. The molecule has 1 rings (SSSR count). The highest BCUT2D eigenvalue weighted by Crippen LogP contribution is 2.14. The maximum atomic E-state index is 12.3. The van der Waals surface area contributed by atoms with Gasteiger partial charge in [0.05, 0.1) is 5.56 Å². The third kappa shape index (κ3) is 3.70. The van der Waals surface area contributed by atoms with Crippen molar-refractivity contribution < 1.29 is 14.7 Å². The van der Waals surface area contributed by atoms with E-state index in [9.17, 15) is 9.59 Å². The summed E-state index contributed by atoms with van der Waals surface area (Å²) in [5.41, 5.74) is -0.0598. The predicted octanol–water partition coefficient (Wildman–Crippen LogP) is 1.99. The van der Waals surface area contributed by atoms with Crippen LogP contribution in [-0.2, 0) is 0 Å². The fraction of sp³-hybridized carbons (Fsp3) is 0.462. The van der Waals surface area contributed by atoms with Gasteiger partial charge in [0, 0.05) is 25.0 Å². The zero-order valence-corrected chi connectivity index (χ0v) is 12.1. The fourth-order valence-electron chi connectivity index (χ4n) is 1.78. The Kier molecular flexibility index (Phi) is 5.82. The zero-order valence-electron chi connectivity index (χ0n) is 11.3. The molecule has 6 heteroatoms. The fourth-order valence-corrected chi connectivity index (χ4v) is 2.62. The molecule has 0 saturated carbocycles. The van der Waals surface area contributed by atoms with Crippen LogP contribution < -0.4 is 0 Å². The third-order valence-corrected chi connectivity index (χ3v) is 3.66. The van der Waals surface area contributed by atoms with E-state index in [1.54, 1.807) is 23.7 Å². The van der Waals surface area contributed by atoms with E-state index in [2.05, 4.69) is 4.98 Å². The lowest BCUT2D eigenvalue weighted by Gasteiger charge is -2.26. The van der Waals surface area contributed by atoms with Crippen molar-refractivity contribution in [2.75, 3.05) is 19.1 Å². The summed E-state index contributed by atoms with van der Waals surface area (Å²) in [6.07, 6.45) is 4.23. The number of carbonyl (C=O) groups excluding carboxylic acids is 1. The minimum absolute atomic E-state index is 0.00273. The van der Waals surface area contributed by atoms with Crippen molar-refractivity contribution in [2.45, 2.75) is 19.4 Å². The Morgan fingerprint density at radius 3 is 2.74 bits per heavy atom. The van der Waals surface area contributed by atoms with Crippen LogP contribution in [0.2, 0.25) is 0 Å². The van der Waals surface area contributed by atoms with Crippen LogP contribution in [0.5, 0.6) is 0 Å². The second-order valence-electron chi connectivity index (χ2n) is 4.14. The Labute approximate surface area is 117 Å². The highest BCUT2D eigenvalue weighted by Gasteiger charge is 2.24. The van der Waals surface area contributed by atoms with Gasteiger partial charge in [-0.25, -0.2) is 4.79 Å². The third-order valence-electron chi connectivity index (χ3n) is 2.94. The molecule has 0 saturated heterocycles. The number of nitrogens with zero attached hydrogens (tertiary/aromatic N) is 2. The second-order valence-corrected chi connectivity index (χ2v) is 5.05. The van der Waals surface area contributed by atoms with E-state index in [4.69, 9.17) is 5.11 Å². The normalized spacial score (nSPS) is 11.9. The lowest BCUT2D eigenvalue weighted by Crippen LogP contribution is -2.39. The van der Waals surface area contributed by atoms with Crippen LogP contribution >= 0.6 is 11.8 Å². The molecule has 1 N–H and O–H groups in total. The largest absolute Gasteiger partial charge is 0.478 e. The van der Waals surface area contributed by atoms with Gasteiger partial charge in [0.25, 0.3) is 5.91 Å². The van der Waals surface area contributed by atoms with Crippen molar-refractivity contribution >= 4 is 23.6 Å². The molecule has 1 amide bonds. The maximum absolute atomic E-state index is 12.3. The van der Waals surface area contributed by atoms with Gasteiger partial charge in [-0.05, 0) is 24.8 Å². The van der Waals surface area contributed by atoms with Gasteiger partial charge in [-0.2, -0.15) is 11.8 Å². The maximum Gasteiger partial charge on any atom is 0.338 e. The molecule has 1 aromatic rings. The van der Waals surface area contributed by atoms with Gasteiger partial charge < -0.3 is 10.0 Å². The molecule has 1 atom stereocenters. The van der Waals surface area contributed by atoms with Crippen molar-refractivity contribution in [1.29, 1.82) is 0 Å². The van der Waals surface area contributed by atoms with Gasteiger partial charge in [0.15, 0.2) is 0 Å². The van der Waals surface area contributed by atoms with E-state index in [1.807, 2.05) is 13.2 Å². The van der Waals surface area contributed by atoms with Crippen LogP contribution in [0.15, 0.2) is 18.3 Å². The number of hydrogen-bond acceptors (Lipinski definition) is 4. The number of thioether (sulfide) groups is 1. The number of hydrogen-bond donors (Lipinski definition) is 1. The van der Waals surface area contributed by atoms with Crippen LogP contribution in [0.25, 0.3) is 0 Å². The molecule has 1 aromatic heterocycles. The summed E-state index contributed by atoms with van der Waals surface area (Å²) in [6, 6.07) is 2.98. The highest BCUT2D eigenvalue weighted by atomic mass is 32.2. The molecule has 0 aliphatic heterocycles. The van der Waals surface area contributed by atoms with Crippen LogP contribution in [0.4, 0.5) is 0 Å². The van der Waals surface area contributed by atoms with Gasteiger partial charge in [-0.15, -0.1) is 0 Å². The van der Waals surface area contributed by atoms with Crippen molar-refractivity contribution in [1.82, 2.24) is 9.88 Å². The van der Waals surface area contributed by atoms with Gasteiger partial charge >= 0.3 is 5.97 Å². The van der Waals surface area contributed by atoms with Crippen molar-refractivity contribution in [3.63, 3.8) is 0 Å². The van der Waals surface area contributed by atoms with Crippen LogP contribution in [0, 0.1) is 0 Å². The SMILES string of the molecule is CCC(CSC)N(C)C(=O)c1ncccc1C(=O)O. The summed E-state index contributed by atoms with van der Waals surface area (Å²) < 4.78 is 0. The summed E-state index contributed by atoms with van der Waals surface area (Å²) in [4.78, 5) is 28.9. The summed E-state index contributed by atoms with van der Waals surface area (Å²) >= 11 is 1.66. The highest BCUT2D eigenvalue weighted by molar-refractivity contribution is 7.98. The van der Waals surface area contributed by atoms with E-state index >= 15 is 0 Å². The predicted molar refractivity (Wildman–Crippen MR) is 75.8 cm³/mol. The molecule has 0 aromatic carbocycles. The molecular formula is C13H18N2O3S. The molecule has 1 unspecified atom stereocenters. The Hall–Kier alpha value is -1.56. The first-order valence-electron chi connectivity index (χ1n) is 5.97. The molecule has 1 heterocycles. The molecule has 5 nitrogen and oxygen atoms in total. The van der Waals surface area contributed by atoms with Gasteiger partial charge in [0.2, 0.25) is 0 Å². The van der Waals surface area contributed by atoms with Gasteiger partial charge in [0.1, 0.15) is 5.69 Å². The summed E-state index contributed by atoms with van der Waals surface area (Å²) in [7, 11) is 1.69. The zero-order chi connectivity index (χ0) is 14.4. The smallest absolute Gasteiger partial charge is 0.338 e. The van der Waals surface area contributed by atoms with Crippen molar-refractivity contribution in [3.05, 3.63) is 29.6 Å². The van der Waals surface area contributed by atoms with E-state index in [0.717, 1.165) is 12.2 Å². The summed E-state index contributed by atoms with van der Waals surface area (Å²) in [6.45, 7) is 2.00. The lowest BCUT2D eigenvalue weighted by molar-refractivity contribution is 0.0668. The number of carboxylic acid groups (broad SMARTS) is 1. The van der Waals surface area contributed by atoms with Crippen LogP contribution in [0.1, 0.15) is 34.2 Å². The molecule has 0 spiro atoms. The Morgan fingerprint density at radius 1 is 1.53 bits per heavy atom. The lowest BCUT2D eigenvalue weighted by atomic mass is 10.1. The quantitative estimate of drug-likeness (QED) is 0.864. The van der Waals surface area contributed by atoms with Crippen LogP contribution in [0.3, 0.4) is 0 Å². The van der Waals surface area contributed by atoms with E-state index in [-0.39, 0.29) is 23.2 Å². The topological polar surface area (TPSA) is 70.5 Å². The minimum atomic E-state index is -1.14. The van der Waals surface area contributed by atoms with E-state index < -0.39 is 5.97 Å². The second kappa shape index (κ2) is 7.13. The first-order valence-corrected chi connectivity index (χ1v) is 7.36. The number of pyridine rings is 1. The molecular weight excluding hydrogens is 264 g/mol. The Morgan fingerprint density at radius 2 is 2.21 bits per heavy atom. The molecule has 0 aliphatic rings. The van der Waals surface area contributed by atoms with Crippen molar-refractivity contribution in [2.24, 2.45) is 0 Å². The molecule has 104 valence electrons. The standard InChI is InChI=1S/C13H18N2O3S/c1-4-9(8-19-3)15(2)12(16)11-10(13(17)18)6-5-7-14-11/h5-7,9H,4,8H2,1-3H3,(H,17,18). The van der Waals surface area contributed by atoms with Crippen LogP contribution in [-0.4, -0.2) is 52.0 Å². The number of amides is 1. The number of carboxylic acids is 1. The Balaban J connectivity index is 3.02. The first-order chi connectivity index (χ1) is 9.02. The van der Waals surface area contributed by atoms with Crippen molar-refractivity contribution in [3.8, 4) is 0 Å². The molecule has 0 aliphatic carbocycles. The summed E-state index contributed by atoms with van der Waals surface area (Å²) in [5.74, 6) is -0.671. The van der Waals surface area contributed by atoms with Gasteiger partial charge in [-0.1, -0.05) is 6.92 Å². The molecule has 0 bridgehead atoms. The van der Waals surface area contributed by atoms with E-state index in [1.165, 1.54) is 18.3 Å². The monoisotopic (exact) mass is 282 g/mol. The number of carbonyl (C=O) groups is 2. The molecule has 0 fully saturated rings. The van der Waals surface area contributed by atoms with Gasteiger partial charge in [-0.3, -0.25) is 9.78 Å². The number of rotatable bonds is 6.